The average molecular weight is 326 g/mol. The van der Waals surface area contributed by atoms with Gasteiger partial charge in [-0.2, -0.15) is 0 Å². The molecule has 0 saturated carbocycles. The molecular weight excluding hydrogens is 310 g/mol. The molecule has 1 aromatic carbocycles. The van der Waals surface area contributed by atoms with Gasteiger partial charge in [0.25, 0.3) is 0 Å². The number of amides is 2. The van der Waals surface area contributed by atoms with E-state index < -0.39 is 5.41 Å². The van der Waals surface area contributed by atoms with Gasteiger partial charge in [0.2, 0.25) is 11.8 Å². The highest BCUT2D eigenvalue weighted by atomic mass is 79.9. The lowest BCUT2D eigenvalue weighted by Crippen LogP contribution is -2.32. The number of carbonyl (C=O) groups is 2. The standard InChI is InChI=1S/C14H16BrNO3/c1-14(2)7-12(17)16(13(14)18)8-9-6-10(19-3)4-5-11(9)15/h4-6H,7-8H2,1-3H3. The summed E-state index contributed by atoms with van der Waals surface area (Å²) in [6, 6.07) is 5.51. The highest BCUT2D eigenvalue weighted by Gasteiger charge is 2.44. The van der Waals surface area contributed by atoms with Gasteiger partial charge in [-0.1, -0.05) is 29.8 Å². The zero-order valence-electron chi connectivity index (χ0n) is 11.2. The Morgan fingerprint density at radius 3 is 2.58 bits per heavy atom. The fraction of sp³-hybridized carbons (Fsp3) is 0.429. The summed E-state index contributed by atoms with van der Waals surface area (Å²) < 4.78 is 6.02. The lowest BCUT2D eigenvalue weighted by Gasteiger charge is -2.18. The predicted molar refractivity (Wildman–Crippen MR) is 74.6 cm³/mol. The second-order valence-electron chi connectivity index (χ2n) is 5.30. The number of hydrogen-bond acceptors (Lipinski definition) is 3. The van der Waals surface area contributed by atoms with E-state index in [1.54, 1.807) is 21.0 Å². The van der Waals surface area contributed by atoms with E-state index in [-0.39, 0.29) is 24.8 Å². The van der Waals surface area contributed by atoms with Crippen LogP contribution in [0.2, 0.25) is 0 Å². The molecule has 2 rings (SSSR count). The molecule has 1 aliphatic rings. The van der Waals surface area contributed by atoms with Crippen LogP contribution in [-0.4, -0.2) is 23.8 Å². The predicted octanol–water partition coefficient (Wildman–Crippen LogP) is 2.74. The molecule has 0 N–H and O–H groups in total. The minimum atomic E-state index is -0.595. The van der Waals surface area contributed by atoms with E-state index in [1.165, 1.54) is 4.90 Å². The van der Waals surface area contributed by atoms with Crippen molar-refractivity contribution in [3.63, 3.8) is 0 Å². The third kappa shape index (κ3) is 2.66. The van der Waals surface area contributed by atoms with Gasteiger partial charge >= 0.3 is 0 Å². The molecule has 1 aromatic rings. The Kier molecular flexibility index (Phi) is 3.67. The number of carbonyl (C=O) groups excluding carboxylic acids is 2. The van der Waals surface area contributed by atoms with Gasteiger partial charge < -0.3 is 4.74 Å². The number of benzene rings is 1. The van der Waals surface area contributed by atoms with Crippen LogP contribution in [0.25, 0.3) is 0 Å². The Bertz CT molecular complexity index is 539. The van der Waals surface area contributed by atoms with Crippen molar-refractivity contribution in [2.45, 2.75) is 26.8 Å². The van der Waals surface area contributed by atoms with Crippen molar-refractivity contribution in [2.24, 2.45) is 5.41 Å². The molecule has 2 amide bonds. The number of halogens is 1. The first-order valence-corrected chi connectivity index (χ1v) is 6.81. The van der Waals surface area contributed by atoms with Gasteiger partial charge in [-0.05, 0) is 23.8 Å². The molecule has 0 unspecified atom stereocenters. The number of methoxy groups -OCH3 is 1. The summed E-state index contributed by atoms with van der Waals surface area (Å²) in [4.78, 5) is 25.4. The van der Waals surface area contributed by atoms with E-state index in [0.717, 1.165) is 10.0 Å². The Labute approximate surface area is 120 Å². The second-order valence-corrected chi connectivity index (χ2v) is 6.16. The number of nitrogens with zero attached hydrogens (tertiary/aromatic N) is 1. The number of hydrogen-bond donors (Lipinski definition) is 0. The molecule has 1 heterocycles. The molecule has 0 atom stereocenters. The van der Waals surface area contributed by atoms with Crippen LogP contribution in [0.3, 0.4) is 0 Å². The normalized spacial score (nSPS) is 18.0. The van der Waals surface area contributed by atoms with Crippen molar-refractivity contribution in [3.8, 4) is 5.75 Å². The molecule has 5 heteroatoms. The van der Waals surface area contributed by atoms with Crippen LogP contribution in [0.1, 0.15) is 25.8 Å². The summed E-state index contributed by atoms with van der Waals surface area (Å²) >= 11 is 3.43. The minimum absolute atomic E-state index is 0.118. The van der Waals surface area contributed by atoms with Gasteiger partial charge in [-0.15, -0.1) is 0 Å². The molecule has 0 aromatic heterocycles. The molecule has 1 saturated heterocycles. The fourth-order valence-corrected chi connectivity index (χ4v) is 2.53. The van der Waals surface area contributed by atoms with Crippen LogP contribution in [0, 0.1) is 5.41 Å². The van der Waals surface area contributed by atoms with Gasteiger partial charge in [0, 0.05) is 10.9 Å². The average Bonchev–Trinajstić information content (AvgIpc) is 2.54. The molecule has 0 spiro atoms. The molecule has 0 bridgehead atoms. The van der Waals surface area contributed by atoms with Crippen molar-refractivity contribution < 1.29 is 14.3 Å². The smallest absolute Gasteiger partial charge is 0.235 e. The monoisotopic (exact) mass is 325 g/mol. The zero-order valence-corrected chi connectivity index (χ0v) is 12.8. The van der Waals surface area contributed by atoms with Crippen molar-refractivity contribution in [2.75, 3.05) is 7.11 Å². The van der Waals surface area contributed by atoms with E-state index in [2.05, 4.69) is 15.9 Å². The summed E-state index contributed by atoms with van der Waals surface area (Å²) in [5, 5.41) is 0. The van der Waals surface area contributed by atoms with Crippen LogP contribution in [0.15, 0.2) is 22.7 Å². The van der Waals surface area contributed by atoms with Crippen molar-refractivity contribution in [1.82, 2.24) is 4.90 Å². The minimum Gasteiger partial charge on any atom is -0.497 e. The van der Waals surface area contributed by atoms with E-state index in [4.69, 9.17) is 4.74 Å². The first-order valence-electron chi connectivity index (χ1n) is 6.02. The van der Waals surface area contributed by atoms with Crippen molar-refractivity contribution >= 4 is 27.7 Å². The first kappa shape index (κ1) is 14.1. The third-order valence-corrected chi connectivity index (χ3v) is 4.07. The number of imide groups is 1. The van der Waals surface area contributed by atoms with Gasteiger partial charge in [-0.25, -0.2) is 0 Å². The van der Waals surface area contributed by atoms with Crippen LogP contribution in [0.4, 0.5) is 0 Å². The Morgan fingerprint density at radius 2 is 2.05 bits per heavy atom. The maximum absolute atomic E-state index is 12.2. The highest BCUT2D eigenvalue weighted by Crippen LogP contribution is 2.34. The van der Waals surface area contributed by atoms with E-state index >= 15 is 0 Å². The quantitative estimate of drug-likeness (QED) is 0.803. The molecular formula is C14H16BrNO3. The van der Waals surface area contributed by atoms with E-state index in [0.29, 0.717) is 5.75 Å². The first-order chi connectivity index (χ1) is 8.85. The largest absolute Gasteiger partial charge is 0.497 e. The lowest BCUT2D eigenvalue weighted by atomic mass is 9.92. The van der Waals surface area contributed by atoms with Crippen LogP contribution >= 0.6 is 15.9 Å². The molecule has 102 valence electrons. The van der Waals surface area contributed by atoms with Crippen molar-refractivity contribution in [1.29, 1.82) is 0 Å². The summed E-state index contributed by atoms with van der Waals surface area (Å²) in [5.74, 6) is 0.466. The zero-order chi connectivity index (χ0) is 14.2. The van der Waals surface area contributed by atoms with Crippen molar-refractivity contribution in [3.05, 3.63) is 28.2 Å². The van der Waals surface area contributed by atoms with Gasteiger partial charge in [0.1, 0.15) is 5.75 Å². The maximum Gasteiger partial charge on any atom is 0.235 e. The summed E-state index contributed by atoms with van der Waals surface area (Å²) in [7, 11) is 1.59. The molecule has 4 nitrogen and oxygen atoms in total. The Hall–Kier alpha value is -1.36. The summed E-state index contributed by atoms with van der Waals surface area (Å²) in [5.41, 5.74) is 0.265. The third-order valence-electron chi connectivity index (χ3n) is 3.30. The number of rotatable bonds is 3. The van der Waals surface area contributed by atoms with E-state index in [9.17, 15) is 9.59 Å². The maximum atomic E-state index is 12.2. The topological polar surface area (TPSA) is 46.6 Å². The van der Waals surface area contributed by atoms with Gasteiger partial charge in [-0.3, -0.25) is 14.5 Å². The highest BCUT2D eigenvalue weighted by molar-refractivity contribution is 9.10. The molecule has 0 aliphatic carbocycles. The van der Waals surface area contributed by atoms with Crippen LogP contribution < -0.4 is 4.74 Å². The SMILES string of the molecule is COc1ccc(Br)c(CN2C(=O)CC(C)(C)C2=O)c1. The second kappa shape index (κ2) is 4.96. The summed E-state index contributed by atoms with van der Waals surface area (Å²) in [6.07, 6.45) is 0.271. The summed E-state index contributed by atoms with van der Waals surface area (Å²) in [6.45, 7) is 3.88. The van der Waals surface area contributed by atoms with E-state index in [1.807, 2.05) is 18.2 Å². The van der Waals surface area contributed by atoms with Crippen LogP contribution in [-0.2, 0) is 16.1 Å². The molecule has 1 fully saturated rings. The molecule has 0 radical (unpaired) electrons. The molecule has 1 aliphatic heterocycles. The molecule has 19 heavy (non-hydrogen) atoms. The Balaban J connectivity index is 2.27. The lowest BCUT2D eigenvalue weighted by molar-refractivity contribution is -0.141. The number of likely N-dealkylation sites (tertiary alicyclic amines) is 1. The van der Waals surface area contributed by atoms with Gasteiger partial charge in [0.15, 0.2) is 0 Å². The Morgan fingerprint density at radius 1 is 1.37 bits per heavy atom. The van der Waals surface area contributed by atoms with Gasteiger partial charge in [0.05, 0.1) is 19.1 Å². The van der Waals surface area contributed by atoms with Crippen LogP contribution in [0.5, 0.6) is 5.75 Å². The fourth-order valence-electron chi connectivity index (χ4n) is 2.16. The number of ether oxygens (including phenoxy) is 1.